The smallest absolute Gasteiger partial charge is 0.0486 e. The van der Waals surface area contributed by atoms with Gasteiger partial charge in [0.15, 0.2) is 0 Å². The molecule has 1 fully saturated rings. The highest BCUT2D eigenvalue weighted by molar-refractivity contribution is 5.85. The van der Waals surface area contributed by atoms with Gasteiger partial charge in [0.2, 0.25) is 0 Å². The van der Waals surface area contributed by atoms with Gasteiger partial charge in [-0.15, -0.1) is 0 Å². The molecule has 1 aromatic rings. The van der Waals surface area contributed by atoms with Crippen molar-refractivity contribution in [1.82, 2.24) is 0 Å². The Balaban J connectivity index is 2.21. The maximum atomic E-state index is 5.73. The lowest BCUT2D eigenvalue weighted by atomic mass is 9.89. The summed E-state index contributed by atoms with van der Waals surface area (Å²) in [5.41, 5.74) is 9.65. The quantitative estimate of drug-likeness (QED) is 0.595. The van der Waals surface area contributed by atoms with Crippen LogP contribution in [0.1, 0.15) is 24.0 Å². The predicted octanol–water partition coefficient (Wildman–Crippen LogP) is 1.73. The van der Waals surface area contributed by atoms with E-state index in [1.807, 2.05) is 18.3 Å². The van der Waals surface area contributed by atoms with E-state index in [0.717, 1.165) is 12.2 Å². The molecule has 1 aromatic carbocycles. The van der Waals surface area contributed by atoms with Crippen LogP contribution in [-0.4, -0.2) is 12.8 Å². The minimum Gasteiger partial charge on any atom is -0.399 e. The molecule has 0 atom stereocenters. The lowest BCUT2D eigenvalue weighted by Crippen LogP contribution is -2.18. The Bertz CT molecular complexity index is 389. The summed E-state index contributed by atoms with van der Waals surface area (Å²) >= 11 is 0. The zero-order valence-electron chi connectivity index (χ0n) is 7.46. The Kier molecular flexibility index (Phi) is 1.17. The molecule has 0 bridgehead atoms. The molecular weight excluding hydrogens is 160 g/mol. The van der Waals surface area contributed by atoms with Crippen LogP contribution in [0.3, 0.4) is 0 Å². The van der Waals surface area contributed by atoms with E-state index >= 15 is 0 Å². The standard InChI is InChI=1S/C11H12N2/c12-9-1-2-10-8(5-9)6-13-7-11(10)3-4-11/h1-2,5-6H,3-4,7,12H2. The van der Waals surface area contributed by atoms with Crippen molar-refractivity contribution in [2.45, 2.75) is 18.3 Å². The number of aliphatic imine (C=N–C) groups is 1. The van der Waals surface area contributed by atoms with Crippen LogP contribution in [0.5, 0.6) is 0 Å². The maximum absolute atomic E-state index is 5.73. The molecule has 3 rings (SSSR count). The number of hydrogen-bond donors (Lipinski definition) is 1. The van der Waals surface area contributed by atoms with E-state index in [1.54, 1.807) is 0 Å². The van der Waals surface area contributed by atoms with E-state index in [-0.39, 0.29) is 0 Å². The molecule has 0 saturated heterocycles. The zero-order chi connectivity index (χ0) is 8.89. The predicted molar refractivity (Wildman–Crippen MR) is 54.2 cm³/mol. The highest BCUT2D eigenvalue weighted by Crippen LogP contribution is 2.50. The van der Waals surface area contributed by atoms with Crippen LogP contribution < -0.4 is 5.73 Å². The van der Waals surface area contributed by atoms with Crippen molar-refractivity contribution < 1.29 is 0 Å². The van der Waals surface area contributed by atoms with Crippen LogP contribution >= 0.6 is 0 Å². The molecule has 2 nitrogen and oxygen atoms in total. The van der Waals surface area contributed by atoms with Crippen LogP contribution in [0.2, 0.25) is 0 Å². The number of rotatable bonds is 0. The van der Waals surface area contributed by atoms with Crippen LogP contribution in [0.4, 0.5) is 5.69 Å². The Hall–Kier alpha value is -1.31. The number of hydrogen-bond acceptors (Lipinski definition) is 2. The van der Waals surface area contributed by atoms with Crippen molar-refractivity contribution in [2.75, 3.05) is 12.3 Å². The monoisotopic (exact) mass is 172 g/mol. The van der Waals surface area contributed by atoms with Gasteiger partial charge in [-0.2, -0.15) is 0 Å². The highest BCUT2D eigenvalue weighted by Gasteiger charge is 2.46. The fourth-order valence-corrected chi connectivity index (χ4v) is 2.15. The Morgan fingerprint density at radius 1 is 1.31 bits per heavy atom. The maximum Gasteiger partial charge on any atom is 0.0486 e. The SMILES string of the molecule is Nc1ccc2c(c1)C=NCC21CC1. The van der Waals surface area contributed by atoms with Gasteiger partial charge < -0.3 is 5.73 Å². The molecule has 0 radical (unpaired) electrons. The Morgan fingerprint density at radius 3 is 2.92 bits per heavy atom. The fraction of sp³-hybridized carbons (Fsp3) is 0.364. The van der Waals surface area contributed by atoms with Gasteiger partial charge in [-0.3, -0.25) is 4.99 Å². The molecule has 66 valence electrons. The van der Waals surface area contributed by atoms with Crippen molar-refractivity contribution in [3.63, 3.8) is 0 Å². The van der Waals surface area contributed by atoms with Gasteiger partial charge in [-0.1, -0.05) is 6.07 Å². The minimum absolute atomic E-state index is 0.401. The second kappa shape index (κ2) is 2.13. The first-order valence-corrected chi connectivity index (χ1v) is 4.70. The van der Waals surface area contributed by atoms with Crippen molar-refractivity contribution in [3.05, 3.63) is 29.3 Å². The fourth-order valence-electron chi connectivity index (χ4n) is 2.15. The number of fused-ring (bicyclic) bond motifs is 2. The van der Waals surface area contributed by atoms with Crippen molar-refractivity contribution in [1.29, 1.82) is 0 Å². The van der Waals surface area contributed by atoms with Crippen LogP contribution in [0.25, 0.3) is 0 Å². The first kappa shape index (κ1) is 7.13. The van der Waals surface area contributed by atoms with Gasteiger partial charge in [-0.05, 0) is 36.1 Å². The number of nitrogens with two attached hydrogens (primary N) is 1. The lowest BCUT2D eigenvalue weighted by molar-refractivity contribution is 0.697. The van der Waals surface area contributed by atoms with Crippen molar-refractivity contribution in [2.24, 2.45) is 4.99 Å². The number of nitrogen functional groups attached to an aromatic ring is 1. The van der Waals surface area contributed by atoms with Gasteiger partial charge in [-0.25, -0.2) is 0 Å². The summed E-state index contributed by atoms with van der Waals surface area (Å²) in [6.45, 7) is 0.976. The number of benzene rings is 1. The molecule has 1 aliphatic carbocycles. The number of nitrogens with zero attached hydrogens (tertiary/aromatic N) is 1. The molecular formula is C11H12N2. The van der Waals surface area contributed by atoms with E-state index in [2.05, 4.69) is 11.1 Å². The number of anilines is 1. The van der Waals surface area contributed by atoms with Crippen LogP contribution in [-0.2, 0) is 5.41 Å². The Morgan fingerprint density at radius 2 is 2.15 bits per heavy atom. The summed E-state index contributed by atoms with van der Waals surface area (Å²) in [5, 5.41) is 0. The summed E-state index contributed by atoms with van der Waals surface area (Å²) in [6.07, 6.45) is 4.54. The molecule has 1 spiro atoms. The average Bonchev–Trinajstić information content (AvgIpc) is 2.86. The van der Waals surface area contributed by atoms with E-state index in [0.29, 0.717) is 5.41 Å². The summed E-state index contributed by atoms with van der Waals surface area (Å²) in [7, 11) is 0. The molecule has 13 heavy (non-hydrogen) atoms. The second-order valence-electron chi connectivity index (χ2n) is 4.10. The summed E-state index contributed by atoms with van der Waals surface area (Å²) in [5.74, 6) is 0. The van der Waals surface area contributed by atoms with Crippen molar-refractivity contribution in [3.8, 4) is 0 Å². The van der Waals surface area contributed by atoms with Crippen molar-refractivity contribution >= 4 is 11.9 Å². The first-order valence-electron chi connectivity index (χ1n) is 4.70. The zero-order valence-corrected chi connectivity index (χ0v) is 7.46. The third-order valence-electron chi connectivity index (χ3n) is 3.12. The van der Waals surface area contributed by atoms with Crippen LogP contribution in [0, 0.1) is 0 Å². The normalized spacial score (nSPS) is 21.5. The molecule has 1 aliphatic heterocycles. The lowest BCUT2D eigenvalue weighted by Gasteiger charge is -2.20. The highest BCUT2D eigenvalue weighted by atomic mass is 14.8. The minimum atomic E-state index is 0.401. The van der Waals surface area contributed by atoms with Gasteiger partial charge in [0.25, 0.3) is 0 Å². The molecule has 0 unspecified atom stereocenters. The molecule has 1 heterocycles. The molecule has 0 aromatic heterocycles. The van der Waals surface area contributed by atoms with E-state index in [4.69, 9.17) is 5.73 Å². The third kappa shape index (κ3) is 0.916. The molecule has 2 N–H and O–H groups in total. The van der Waals surface area contributed by atoms with Gasteiger partial charge >= 0.3 is 0 Å². The van der Waals surface area contributed by atoms with Gasteiger partial charge in [0.05, 0.1) is 0 Å². The summed E-state index contributed by atoms with van der Waals surface area (Å²) in [6, 6.07) is 6.19. The molecule has 2 aliphatic rings. The van der Waals surface area contributed by atoms with E-state index in [1.165, 1.54) is 24.0 Å². The summed E-state index contributed by atoms with van der Waals surface area (Å²) < 4.78 is 0. The van der Waals surface area contributed by atoms with Crippen LogP contribution in [0.15, 0.2) is 23.2 Å². The second-order valence-corrected chi connectivity index (χ2v) is 4.10. The average molecular weight is 172 g/mol. The summed E-state index contributed by atoms with van der Waals surface area (Å²) in [4.78, 5) is 4.39. The Labute approximate surface area is 77.5 Å². The first-order chi connectivity index (χ1) is 6.30. The van der Waals surface area contributed by atoms with E-state index < -0.39 is 0 Å². The topological polar surface area (TPSA) is 38.4 Å². The van der Waals surface area contributed by atoms with E-state index in [9.17, 15) is 0 Å². The molecule has 0 amide bonds. The molecule has 2 heteroatoms. The third-order valence-corrected chi connectivity index (χ3v) is 3.12. The molecule has 1 saturated carbocycles. The van der Waals surface area contributed by atoms with Gasteiger partial charge in [0, 0.05) is 23.9 Å². The largest absolute Gasteiger partial charge is 0.399 e. The van der Waals surface area contributed by atoms with Gasteiger partial charge in [0.1, 0.15) is 0 Å².